The van der Waals surface area contributed by atoms with E-state index in [-0.39, 0.29) is 41.6 Å². The highest BCUT2D eigenvalue weighted by atomic mass is 16.5. The second-order valence-electron chi connectivity index (χ2n) is 7.23. The van der Waals surface area contributed by atoms with Crippen molar-refractivity contribution >= 4 is 11.9 Å². The molecule has 2 atom stereocenters. The van der Waals surface area contributed by atoms with Crippen LogP contribution in [0.3, 0.4) is 0 Å². The van der Waals surface area contributed by atoms with Gasteiger partial charge in [0.25, 0.3) is 0 Å². The number of hydrogen-bond acceptors (Lipinski definition) is 3. The van der Waals surface area contributed by atoms with Gasteiger partial charge in [0.2, 0.25) is 5.91 Å². The summed E-state index contributed by atoms with van der Waals surface area (Å²) in [4.78, 5) is 23.9. The largest absolute Gasteiger partial charge is 0.469 e. The first-order valence-electron chi connectivity index (χ1n) is 7.37. The Hall–Kier alpha value is -1.06. The smallest absolute Gasteiger partial charge is 0.306 e. The molecule has 0 aliphatic carbocycles. The quantitative estimate of drug-likeness (QED) is 0.763. The third kappa shape index (κ3) is 5.93. The van der Waals surface area contributed by atoms with Crippen LogP contribution in [0.4, 0.5) is 0 Å². The summed E-state index contributed by atoms with van der Waals surface area (Å²) in [5, 5.41) is 3.12. The SMILES string of the molecule is COC(=O)C[C@H](C(=O)N[C@H](C(C)C)C(C)(C)C)C(C)C. The Labute approximate surface area is 123 Å². The molecule has 0 aromatic carbocycles. The van der Waals surface area contributed by atoms with Crippen molar-refractivity contribution in [2.75, 3.05) is 7.11 Å². The van der Waals surface area contributed by atoms with Crippen molar-refractivity contribution in [2.24, 2.45) is 23.2 Å². The number of rotatable bonds is 6. The number of carbonyl (C=O) groups is 2. The molecule has 118 valence electrons. The van der Waals surface area contributed by atoms with Crippen LogP contribution < -0.4 is 5.32 Å². The van der Waals surface area contributed by atoms with E-state index in [0.717, 1.165) is 0 Å². The highest BCUT2D eigenvalue weighted by molar-refractivity contribution is 5.84. The van der Waals surface area contributed by atoms with Crippen LogP contribution in [0.5, 0.6) is 0 Å². The van der Waals surface area contributed by atoms with Gasteiger partial charge in [-0.3, -0.25) is 9.59 Å². The van der Waals surface area contributed by atoms with Gasteiger partial charge in [0.15, 0.2) is 0 Å². The minimum Gasteiger partial charge on any atom is -0.469 e. The lowest BCUT2D eigenvalue weighted by atomic mass is 9.79. The van der Waals surface area contributed by atoms with Gasteiger partial charge >= 0.3 is 5.97 Å². The van der Waals surface area contributed by atoms with Gasteiger partial charge in [0.1, 0.15) is 0 Å². The Balaban J connectivity index is 4.95. The van der Waals surface area contributed by atoms with Crippen LogP contribution in [0.2, 0.25) is 0 Å². The van der Waals surface area contributed by atoms with Crippen molar-refractivity contribution in [2.45, 2.75) is 60.9 Å². The highest BCUT2D eigenvalue weighted by Crippen LogP contribution is 2.26. The van der Waals surface area contributed by atoms with Crippen LogP contribution in [0, 0.1) is 23.2 Å². The first-order valence-corrected chi connectivity index (χ1v) is 7.37. The molecule has 0 saturated carbocycles. The van der Waals surface area contributed by atoms with Crippen molar-refractivity contribution in [3.63, 3.8) is 0 Å². The molecule has 0 aliphatic rings. The Morgan fingerprint density at radius 2 is 1.55 bits per heavy atom. The second kappa shape index (κ2) is 7.65. The van der Waals surface area contributed by atoms with Gasteiger partial charge in [0, 0.05) is 6.04 Å². The molecule has 0 aliphatic heterocycles. The molecule has 4 heteroatoms. The van der Waals surface area contributed by atoms with Crippen LogP contribution in [0.15, 0.2) is 0 Å². The summed E-state index contributed by atoms with van der Waals surface area (Å²) in [5.41, 5.74) is -0.0172. The van der Waals surface area contributed by atoms with Crippen LogP contribution in [0.1, 0.15) is 54.9 Å². The maximum Gasteiger partial charge on any atom is 0.306 e. The number of ether oxygens (including phenoxy) is 1. The highest BCUT2D eigenvalue weighted by Gasteiger charge is 2.33. The molecule has 1 N–H and O–H groups in total. The lowest BCUT2D eigenvalue weighted by Crippen LogP contribution is -2.50. The molecule has 4 nitrogen and oxygen atoms in total. The summed E-state index contributed by atoms with van der Waals surface area (Å²) in [6, 6.07) is 0.0777. The fourth-order valence-electron chi connectivity index (χ4n) is 2.54. The van der Waals surface area contributed by atoms with Gasteiger partial charge in [-0.05, 0) is 17.3 Å². The zero-order valence-electron chi connectivity index (χ0n) is 14.2. The molecule has 1 amide bonds. The van der Waals surface area contributed by atoms with E-state index in [4.69, 9.17) is 0 Å². The average Bonchev–Trinajstić information content (AvgIpc) is 2.29. The lowest BCUT2D eigenvalue weighted by molar-refractivity contribution is -0.145. The minimum absolute atomic E-state index is 0.0172. The number of esters is 1. The van der Waals surface area contributed by atoms with Crippen molar-refractivity contribution in [3.8, 4) is 0 Å². The second-order valence-corrected chi connectivity index (χ2v) is 7.23. The van der Waals surface area contributed by atoms with E-state index in [1.807, 2.05) is 13.8 Å². The van der Waals surface area contributed by atoms with Gasteiger partial charge in [-0.1, -0.05) is 48.5 Å². The Bertz CT molecular complexity index is 329. The van der Waals surface area contributed by atoms with E-state index < -0.39 is 0 Å². The molecule has 20 heavy (non-hydrogen) atoms. The van der Waals surface area contributed by atoms with Crippen molar-refractivity contribution in [1.82, 2.24) is 5.32 Å². The number of carbonyl (C=O) groups excluding carboxylic acids is 2. The zero-order valence-corrected chi connectivity index (χ0v) is 14.2. The van der Waals surface area contributed by atoms with Gasteiger partial charge in [-0.25, -0.2) is 0 Å². The van der Waals surface area contributed by atoms with Crippen LogP contribution in [-0.4, -0.2) is 25.0 Å². The normalized spacial score (nSPS) is 15.1. The van der Waals surface area contributed by atoms with E-state index in [2.05, 4.69) is 44.7 Å². The van der Waals surface area contributed by atoms with Gasteiger partial charge in [-0.2, -0.15) is 0 Å². The fraction of sp³-hybridized carbons (Fsp3) is 0.875. The van der Waals surface area contributed by atoms with E-state index >= 15 is 0 Å². The first-order chi connectivity index (χ1) is 9.00. The third-order valence-corrected chi connectivity index (χ3v) is 3.65. The Kier molecular flexibility index (Phi) is 7.25. The van der Waals surface area contributed by atoms with Crippen LogP contribution >= 0.6 is 0 Å². The molecule has 0 radical (unpaired) electrons. The summed E-state index contributed by atoms with van der Waals surface area (Å²) in [6.07, 6.45) is 0.134. The topological polar surface area (TPSA) is 55.4 Å². The summed E-state index contributed by atoms with van der Waals surface area (Å²) in [7, 11) is 1.35. The molecule has 0 saturated heterocycles. The van der Waals surface area contributed by atoms with Crippen molar-refractivity contribution < 1.29 is 14.3 Å². The Morgan fingerprint density at radius 3 is 1.85 bits per heavy atom. The van der Waals surface area contributed by atoms with Gasteiger partial charge in [0.05, 0.1) is 19.4 Å². The van der Waals surface area contributed by atoms with Crippen LogP contribution in [0.25, 0.3) is 0 Å². The summed E-state index contributed by atoms with van der Waals surface area (Å²) < 4.78 is 4.68. The van der Waals surface area contributed by atoms with Crippen molar-refractivity contribution in [3.05, 3.63) is 0 Å². The predicted octanol–water partition coefficient (Wildman–Crippen LogP) is 3.01. The summed E-state index contributed by atoms with van der Waals surface area (Å²) >= 11 is 0. The van der Waals surface area contributed by atoms with Crippen molar-refractivity contribution in [1.29, 1.82) is 0 Å². The molecule has 0 heterocycles. The van der Waals surface area contributed by atoms with E-state index in [1.54, 1.807) is 0 Å². The van der Waals surface area contributed by atoms with Gasteiger partial charge < -0.3 is 10.1 Å². The van der Waals surface area contributed by atoms with Gasteiger partial charge in [-0.15, -0.1) is 0 Å². The number of methoxy groups -OCH3 is 1. The number of amides is 1. The van der Waals surface area contributed by atoms with E-state index in [1.165, 1.54) is 7.11 Å². The molecule has 0 spiro atoms. The number of hydrogen-bond donors (Lipinski definition) is 1. The maximum absolute atomic E-state index is 12.5. The molecule has 0 aromatic heterocycles. The molecule has 0 bridgehead atoms. The lowest BCUT2D eigenvalue weighted by Gasteiger charge is -2.36. The fourth-order valence-corrected chi connectivity index (χ4v) is 2.54. The predicted molar refractivity (Wildman–Crippen MR) is 81.2 cm³/mol. The monoisotopic (exact) mass is 285 g/mol. The van der Waals surface area contributed by atoms with E-state index in [9.17, 15) is 9.59 Å². The zero-order chi connectivity index (χ0) is 16.1. The standard InChI is InChI=1S/C16H31NO3/c1-10(2)12(9-13(18)20-8)15(19)17-14(11(3)4)16(5,6)7/h10-12,14H,9H2,1-8H3,(H,17,19)/t12-,14+/m0/s1. The molecule has 0 rings (SSSR count). The molecular weight excluding hydrogens is 254 g/mol. The molecule has 0 aromatic rings. The summed E-state index contributed by atoms with van der Waals surface area (Å²) in [5.74, 6) is -0.299. The Morgan fingerprint density at radius 1 is 1.05 bits per heavy atom. The maximum atomic E-state index is 12.5. The average molecular weight is 285 g/mol. The molecular formula is C16H31NO3. The first kappa shape index (κ1) is 18.9. The molecule has 0 unspecified atom stereocenters. The molecule has 0 fully saturated rings. The minimum atomic E-state index is -0.342. The summed E-state index contributed by atoms with van der Waals surface area (Å²) in [6.45, 7) is 14.4. The third-order valence-electron chi connectivity index (χ3n) is 3.65. The van der Waals surface area contributed by atoms with E-state index in [0.29, 0.717) is 5.92 Å². The van der Waals surface area contributed by atoms with Crippen LogP contribution in [-0.2, 0) is 14.3 Å². The number of nitrogens with one attached hydrogen (secondary N) is 1.